The second-order valence-electron chi connectivity index (χ2n) is 4.25. The van der Waals surface area contributed by atoms with Crippen LogP contribution in [0.2, 0.25) is 0 Å². The number of nitrogens with zero attached hydrogens (tertiary/aromatic N) is 1. The second-order valence-corrected chi connectivity index (χ2v) is 4.25. The van der Waals surface area contributed by atoms with Crippen LogP contribution in [0.25, 0.3) is 0 Å². The molecule has 1 aromatic heterocycles. The minimum absolute atomic E-state index is 0.189. The number of nitrogens with two attached hydrogens (primary N) is 1. The third kappa shape index (κ3) is 1.78. The van der Waals surface area contributed by atoms with E-state index in [1.807, 2.05) is 24.3 Å². The zero-order valence-corrected chi connectivity index (χ0v) is 9.72. The van der Waals surface area contributed by atoms with Crippen LogP contribution in [0.15, 0.2) is 35.3 Å². The Morgan fingerprint density at radius 2 is 2.28 bits per heavy atom. The number of rotatable bonds is 2. The molecule has 1 aliphatic rings. The molecule has 5 nitrogen and oxygen atoms in total. The molecule has 2 heterocycles. The van der Waals surface area contributed by atoms with Gasteiger partial charge in [0.15, 0.2) is 6.10 Å². The van der Waals surface area contributed by atoms with E-state index in [1.54, 1.807) is 0 Å². The van der Waals surface area contributed by atoms with Crippen LogP contribution in [0.4, 0.5) is 0 Å². The van der Waals surface area contributed by atoms with E-state index < -0.39 is 0 Å². The van der Waals surface area contributed by atoms with Gasteiger partial charge in [0.1, 0.15) is 11.6 Å². The number of fused-ring (bicyclic) bond motifs is 1. The molecule has 3 N–H and O–H groups in total. The molecule has 0 fully saturated rings. The van der Waals surface area contributed by atoms with Gasteiger partial charge in [-0.1, -0.05) is 18.2 Å². The molecule has 0 amide bonds. The Morgan fingerprint density at radius 3 is 3.00 bits per heavy atom. The molecule has 5 heteroatoms. The van der Waals surface area contributed by atoms with Crippen LogP contribution in [0.5, 0.6) is 5.75 Å². The first-order valence-corrected chi connectivity index (χ1v) is 5.80. The third-order valence-electron chi connectivity index (χ3n) is 3.06. The number of aromatic amines is 1. The smallest absolute Gasteiger partial charge is 0.255 e. The lowest BCUT2D eigenvalue weighted by molar-refractivity contribution is 0.227. The molecular weight excluding hydrogens is 230 g/mol. The summed E-state index contributed by atoms with van der Waals surface area (Å²) in [5.41, 5.74) is 6.85. The van der Waals surface area contributed by atoms with E-state index >= 15 is 0 Å². The maximum absolute atomic E-state index is 11.7. The Kier molecular flexibility index (Phi) is 2.60. The summed E-state index contributed by atoms with van der Waals surface area (Å²) in [5, 5.41) is 0. The lowest BCUT2D eigenvalue weighted by atomic mass is 10.1. The predicted molar refractivity (Wildman–Crippen MR) is 66.3 cm³/mol. The number of benzene rings is 1. The Balaban J connectivity index is 1.91. The van der Waals surface area contributed by atoms with Crippen LogP contribution in [0, 0.1) is 0 Å². The minimum Gasteiger partial charge on any atom is -0.482 e. The molecule has 0 aliphatic carbocycles. The highest BCUT2D eigenvalue weighted by molar-refractivity contribution is 5.38. The molecule has 0 saturated carbocycles. The van der Waals surface area contributed by atoms with E-state index in [0.29, 0.717) is 11.4 Å². The maximum Gasteiger partial charge on any atom is 0.255 e. The van der Waals surface area contributed by atoms with Gasteiger partial charge in [0, 0.05) is 24.7 Å². The molecule has 0 saturated heterocycles. The summed E-state index contributed by atoms with van der Waals surface area (Å²) in [6, 6.07) is 7.83. The molecule has 3 rings (SSSR count). The zero-order chi connectivity index (χ0) is 12.5. The molecular formula is C13H13N3O2. The van der Waals surface area contributed by atoms with Gasteiger partial charge in [-0.3, -0.25) is 4.79 Å². The van der Waals surface area contributed by atoms with E-state index in [4.69, 9.17) is 10.5 Å². The summed E-state index contributed by atoms with van der Waals surface area (Å²) in [5.74, 6) is 1.40. The minimum atomic E-state index is -0.220. The Bertz CT molecular complexity index is 611. The summed E-state index contributed by atoms with van der Waals surface area (Å²) in [4.78, 5) is 18.6. The summed E-state index contributed by atoms with van der Waals surface area (Å²) >= 11 is 0. The molecule has 18 heavy (non-hydrogen) atoms. The van der Waals surface area contributed by atoms with Crippen LogP contribution in [-0.4, -0.2) is 9.97 Å². The second kappa shape index (κ2) is 4.27. The number of para-hydroxylation sites is 1. The van der Waals surface area contributed by atoms with Crippen LogP contribution in [0.3, 0.4) is 0 Å². The standard InChI is InChI=1S/C13H13N3O2/c14-6-9-7-15-12(16-13(9)17)11-5-8-3-1-2-4-10(8)18-11/h1-4,7,11H,5-6,14H2,(H,15,16,17). The van der Waals surface area contributed by atoms with Gasteiger partial charge in [-0.2, -0.15) is 0 Å². The SMILES string of the molecule is NCc1cnc(C2Cc3ccccc3O2)[nH]c1=O. The highest BCUT2D eigenvalue weighted by Crippen LogP contribution is 2.34. The number of ether oxygens (including phenoxy) is 1. The predicted octanol–water partition coefficient (Wildman–Crippen LogP) is 0.905. The van der Waals surface area contributed by atoms with Crippen LogP contribution in [0.1, 0.15) is 23.1 Å². The van der Waals surface area contributed by atoms with Crippen molar-refractivity contribution in [2.24, 2.45) is 5.73 Å². The molecule has 0 bridgehead atoms. The van der Waals surface area contributed by atoms with Crippen LogP contribution >= 0.6 is 0 Å². The fourth-order valence-corrected chi connectivity index (χ4v) is 2.08. The first-order chi connectivity index (χ1) is 8.78. The van der Waals surface area contributed by atoms with Gasteiger partial charge in [-0.05, 0) is 11.6 Å². The first kappa shape index (κ1) is 11.0. The molecule has 0 spiro atoms. The Labute approximate surface area is 104 Å². The average molecular weight is 243 g/mol. The van der Waals surface area contributed by atoms with Crippen LogP contribution < -0.4 is 16.0 Å². The van der Waals surface area contributed by atoms with Gasteiger partial charge < -0.3 is 15.5 Å². The van der Waals surface area contributed by atoms with Crippen molar-refractivity contribution in [2.75, 3.05) is 0 Å². The van der Waals surface area contributed by atoms with Crippen molar-refractivity contribution >= 4 is 0 Å². The Hall–Kier alpha value is -2.14. The van der Waals surface area contributed by atoms with Gasteiger partial charge in [0.05, 0.1) is 0 Å². The fourth-order valence-electron chi connectivity index (χ4n) is 2.08. The molecule has 0 radical (unpaired) electrons. The fraction of sp³-hybridized carbons (Fsp3) is 0.231. The van der Waals surface area contributed by atoms with E-state index in [1.165, 1.54) is 6.20 Å². The monoisotopic (exact) mass is 243 g/mol. The van der Waals surface area contributed by atoms with Gasteiger partial charge in [0.25, 0.3) is 5.56 Å². The van der Waals surface area contributed by atoms with Crippen molar-refractivity contribution in [3.8, 4) is 5.75 Å². The molecule has 1 aromatic carbocycles. The molecule has 2 aromatic rings. The molecule has 1 unspecified atom stereocenters. The van der Waals surface area contributed by atoms with Crippen molar-refractivity contribution in [1.82, 2.24) is 9.97 Å². The van der Waals surface area contributed by atoms with E-state index in [0.717, 1.165) is 17.7 Å². The molecule has 1 aliphatic heterocycles. The average Bonchev–Trinajstić information content (AvgIpc) is 2.82. The van der Waals surface area contributed by atoms with Gasteiger partial charge in [-0.15, -0.1) is 0 Å². The van der Waals surface area contributed by atoms with Crippen molar-refractivity contribution < 1.29 is 4.74 Å². The van der Waals surface area contributed by atoms with Crippen molar-refractivity contribution in [2.45, 2.75) is 19.1 Å². The van der Waals surface area contributed by atoms with E-state index in [9.17, 15) is 4.79 Å². The van der Waals surface area contributed by atoms with E-state index in [-0.39, 0.29) is 18.2 Å². The van der Waals surface area contributed by atoms with E-state index in [2.05, 4.69) is 9.97 Å². The molecule has 92 valence electrons. The lowest BCUT2D eigenvalue weighted by Gasteiger charge is -2.09. The summed E-state index contributed by atoms with van der Waals surface area (Å²) in [6.07, 6.45) is 2.02. The highest BCUT2D eigenvalue weighted by atomic mass is 16.5. The summed E-state index contributed by atoms with van der Waals surface area (Å²) < 4.78 is 5.76. The first-order valence-electron chi connectivity index (χ1n) is 5.80. The van der Waals surface area contributed by atoms with Crippen molar-refractivity contribution in [3.63, 3.8) is 0 Å². The van der Waals surface area contributed by atoms with Gasteiger partial charge in [0.2, 0.25) is 0 Å². The van der Waals surface area contributed by atoms with Crippen LogP contribution in [-0.2, 0) is 13.0 Å². The highest BCUT2D eigenvalue weighted by Gasteiger charge is 2.25. The normalized spacial score (nSPS) is 17.3. The lowest BCUT2D eigenvalue weighted by Crippen LogP contribution is -2.21. The topological polar surface area (TPSA) is 81.0 Å². The van der Waals surface area contributed by atoms with Crippen molar-refractivity contribution in [3.05, 3.63) is 57.8 Å². The third-order valence-corrected chi connectivity index (χ3v) is 3.06. The molecule has 1 atom stereocenters. The number of hydrogen-bond donors (Lipinski definition) is 2. The zero-order valence-electron chi connectivity index (χ0n) is 9.72. The number of nitrogens with one attached hydrogen (secondary N) is 1. The Morgan fingerprint density at radius 1 is 1.44 bits per heavy atom. The number of aromatic nitrogens is 2. The largest absolute Gasteiger partial charge is 0.482 e. The summed E-state index contributed by atoms with van der Waals surface area (Å²) in [6.45, 7) is 0.189. The quantitative estimate of drug-likeness (QED) is 0.821. The summed E-state index contributed by atoms with van der Waals surface area (Å²) in [7, 11) is 0. The van der Waals surface area contributed by atoms with Gasteiger partial charge >= 0.3 is 0 Å². The maximum atomic E-state index is 11.7. The number of H-pyrrole nitrogens is 1. The van der Waals surface area contributed by atoms with Crippen molar-refractivity contribution in [1.29, 1.82) is 0 Å². The van der Waals surface area contributed by atoms with Gasteiger partial charge in [-0.25, -0.2) is 4.98 Å². The number of hydrogen-bond acceptors (Lipinski definition) is 4.